The Labute approximate surface area is 365 Å². The van der Waals surface area contributed by atoms with Gasteiger partial charge in [-0.15, -0.1) is 11.8 Å². The van der Waals surface area contributed by atoms with Crippen LogP contribution in [0.15, 0.2) is 119 Å². The number of carbonyl (C=O) groups is 4. The number of nitrogens with one attached hydrogen (secondary N) is 5. The highest BCUT2D eigenvalue weighted by atomic mass is 32.2. The van der Waals surface area contributed by atoms with E-state index >= 15 is 0 Å². The molecule has 0 bridgehead atoms. The molecule has 0 spiro atoms. The van der Waals surface area contributed by atoms with Gasteiger partial charge in [0, 0.05) is 29.8 Å². The van der Waals surface area contributed by atoms with E-state index in [0.29, 0.717) is 75.6 Å². The molecule has 63 heavy (non-hydrogen) atoms. The molecule has 3 atom stereocenters. The van der Waals surface area contributed by atoms with Gasteiger partial charge in [-0.25, -0.2) is 19.6 Å². The van der Waals surface area contributed by atoms with Gasteiger partial charge < -0.3 is 44.7 Å². The fourth-order valence-electron chi connectivity index (χ4n) is 7.49. The number of methoxy groups -OCH3 is 2. The van der Waals surface area contributed by atoms with Crippen molar-refractivity contribution in [1.29, 1.82) is 0 Å². The third-order valence-corrected chi connectivity index (χ3v) is 11.8. The first-order valence-corrected chi connectivity index (χ1v) is 21.4. The molecular formula is C46H44N8O8S. The van der Waals surface area contributed by atoms with Crippen molar-refractivity contribution in [3.8, 4) is 22.5 Å². The lowest BCUT2D eigenvalue weighted by Crippen LogP contribution is -2.43. The maximum Gasteiger partial charge on any atom is 0.407 e. The number of benzene rings is 4. The number of aromatic nitrogens is 4. The van der Waals surface area contributed by atoms with Crippen molar-refractivity contribution in [3.05, 3.63) is 142 Å². The minimum absolute atomic E-state index is 0.179. The molecule has 0 unspecified atom stereocenters. The van der Waals surface area contributed by atoms with E-state index < -0.39 is 24.3 Å². The molecule has 4 heterocycles. The number of amides is 4. The van der Waals surface area contributed by atoms with E-state index in [-0.39, 0.29) is 23.3 Å². The summed E-state index contributed by atoms with van der Waals surface area (Å²) in [7, 11) is 2.50. The van der Waals surface area contributed by atoms with Gasteiger partial charge in [0.1, 0.15) is 34.9 Å². The Morgan fingerprint density at radius 3 is 2.16 bits per heavy atom. The molecule has 5 N–H and O–H groups in total. The summed E-state index contributed by atoms with van der Waals surface area (Å²) in [5.41, 5.74) is 4.92. The number of hydrogen-bond donors (Lipinski definition) is 5. The monoisotopic (exact) mass is 868 g/mol. The average Bonchev–Trinajstić information content (AvgIpc) is 4.12. The number of alkyl carbamates (subject to hydrolysis) is 2. The smallest absolute Gasteiger partial charge is 0.407 e. The first kappa shape index (κ1) is 42.3. The van der Waals surface area contributed by atoms with E-state index in [2.05, 4.69) is 35.9 Å². The molecule has 7 aromatic rings. The van der Waals surface area contributed by atoms with Gasteiger partial charge in [-0.1, -0.05) is 66.7 Å². The fourth-order valence-corrected chi connectivity index (χ4v) is 8.66. The topological polar surface area (TPSA) is 214 Å². The summed E-state index contributed by atoms with van der Waals surface area (Å²) < 4.78 is 15.8. The van der Waals surface area contributed by atoms with Gasteiger partial charge in [0.25, 0.3) is 5.91 Å². The minimum Gasteiger partial charge on any atom is -0.456 e. The number of unbranched alkanes of at least 4 members (excludes halogenated alkanes) is 1. The SMILES string of the molecule is COC(=O)N[C@@H](C(=O)NCCCCc1ncc(-c2ccc3c(=O)c4cc(-c5cnc([C@@H]6CSCN6C(=O)[C@H](NC(=O)OC)c6ccccc6)[nH]5)ccc4oc3c2)[nH]1)c1ccccc1. The van der Waals surface area contributed by atoms with Crippen LogP contribution in [0.2, 0.25) is 0 Å². The molecular weight excluding hydrogens is 825 g/mol. The molecule has 0 saturated carbocycles. The largest absolute Gasteiger partial charge is 0.456 e. The molecule has 0 radical (unpaired) electrons. The summed E-state index contributed by atoms with van der Waals surface area (Å²) in [4.78, 5) is 82.5. The van der Waals surface area contributed by atoms with Gasteiger partial charge in [0.15, 0.2) is 0 Å². The van der Waals surface area contributed by atoms with Crippen molar-refractivity contribution in [1.82, 2.24) is 40.8 Å². The maximum absolute atomic E-state index is 13.9. The number of imidazole rings is 2. The number of aryl methyl sites for hydroxylation is 1. The van der Waals surface area contributed by atoms with Crippen molar-refractivity contribution in [2.24, 2.45) is 0 Å². The Morgan fingerprint density at radius 1 is 0.778 bits per heavy atom. The Hall–Kier alpha value is -7.40. The summed E-state index contributed by atoms with van der Waals surface area (Å²) >= 11 is 1.59. The fraction of sp³-hybridized carbons (Fsp3) is 0.239. The highest BCUT2D eigenvalue weighted by Gasteiger charge is 2.37. The third kappa shape index (κ3) is 9.43. The number of H-pyrrole nitrogens is 2. The minimum atomic E-state index is -0.943. The number of thioether (sulfide) groups is 1. The summed E-state index contributed by atoms with van der Waals surface area (Å²) in [5.74, 6) is 1.76. The van der Waals surface area contributed by atoms with Crippen LogP contribution in [0.3, 0.4) is 0 Å². The Kier molecular flexibility index (Phi) is 12.8. The quantitative estimate of drug-likeness (QED) is 0.0558. The van der Waals surface area contributed by atoms with Crippen LogP contribution in [0.25, 0.3) is 44.5 Å². The predicted octanol–water partition coefficient (Wildman–Crippen LogP) is 6.93. The molecule has 322 valence electrons. The maximum atomic E-state index is 13.9. The van der Waals surface area contributed by atoms with Crippen LogP contribution in [0, 0.1) is 0 Å². The van der Waals surface area contributed by atoms with Crippen LogP contribution in [-0.2, 0) is 25.5 Å². The molecule has 1 saturated heterocycles. The zero-order valence-electron chi connectivity index (χ0n) is 34.4. The number of fused-ring (bicyclic) bond motifs is 2. The molecule has 0 aliphatic carbocycles. The van der Waals surface area contributed by atoms with Crippen LogP contribution in [0.4, 0.5) is 9.59 Å². The summed E-state index contributed by atoms with van der Waals surface area (Å²) in [6.07, 6.45) is 4.10. The van der Waals surface area contributed by atoms with E-state index in [1.165, 1.54) is 14.2 Å². The molecule has 4 aromatic carbocycles. The molecule has 3 aromatic heterocycles. The van der Waals surface area contributed by atoms with E-state index in [0.717, 1.165) is 29.1 Å². The van der Waals surface area contributed by atoms with E-state index in [9.17, 15) is 24.0 Å². The lowest BCUT2D eigenvalue weighted by molar-refractivity contribution is -0.134. The van der Waals surface area contributed by atoms with Gasteiger partial charge >= 0.3 is 12.2 Å². The van der Waals surface area contributed by atoms with Crippen LogP contribution in [-0.4, -0.2) is 81.2 Å². The van der Waals surface area contributed by atoms with Gasteiger partial charge in [0.2, 0.25) is 11.3 Å². The van der Waals surface area contributed by atoms with Gasteiger partial charge in [-0.2, -0.15) is 0 Å². The highest BCUT2D eigenvalue weighted by Crippen LogP contribution is 2.36. The van der Waals surface area contributed by atoms with Crippen molar-refractivity contribution >= 4 is 57.7 Å². The second kappa shape index (κ2) is 19.1. The van der Waals surface area contributed by atoms with Gasteiger partial charge in [0.05, 0.1) is 60.7 Å². The standard InChI is InChI=1S/C46H44N8O8S/c1-60-45(58)52-39(27-11-5-3-6-12-27)43(56)47-20-10-9-15-38-48-23-33(50-38)30-16-18-31-37(22-30)62-36-19-17-29(21-32(36)41(31)55)34-24-49-42(51-34)35-25-63-26-54(35)44(57)40(53-46(59)61-2)28-13-7-4-8-14-28/h3-8,11-14,16-19,21-24,35,39-40H,9-10,15,20,25-26H2,1-2H3,(H,47,56)(H,48,50)(H,49,51)(H,52,58)(H,53,59)/t35-,39+,40+/m0/s1. The first-order chi connectivity index (χ1) is 30.7. The number of rotatable bonds is 14. The summed E-state index contributed by atoms with van der Waals surface area (Å²) in [6.45, 7) is 0.413. The Bertz CT molecular complexity index is 2830. The molecule has 16 nitrogen and oxygen atoms in total. The summed E-state index contributed by atoms with van der Waals surface area (Å²) in [6, 6.07) is 26.6. The Morgan fingerprint density at radius 2 is 1.43 bits per heavy atom. The average molecular weight is 869 g/mol. The Balaban J connectivity index is 0.914. The number of carbonyl (C=O) groups excluding carboxylic acids is 4. The van der Waals surface area contributed by atoms with E-state index in [1.54, 1.807) is 95.8 Å². The second-order valence-electron chi connectivity index (χ2n) is 14.8. The number of hydrogen-bond acceptors (Lipinski definition) is 11. The van der Waals surface area contributed by atoms with Crippen molar-refractivity contribution in [3.63, 3.8) is 0 Å². The van der Waals surface area contributed by atoms with Crippen LogP contribution in [0.5, 0.6) is 0 Å². The van der Waals surface area contributed by atoms with Crippen molar-refractivity contribution in [2.75, 3.05) is 32.4 Å². The molecule has 1 fully saturated rings. The second-order valence-corrected chi connectivity index (χ2v) is 15.8. The normalized spacial score (nSPS) is 14.6. The van der Waals surface area contributed by atoms with Gasteiger partial charge in [-0.05, 0) is 54.3 Å². The van der Waals surface area contributed by atoms with Crippen LogP contribution < -0.4 is 21.4 Å². The molecule has 17 heteroatoms. The highest BCUT2D eigenvalue weighted by molar-refractivity contribution is 7.99. The number of ether oxygens (including phenoxy) is 2. The molecule has 4 amide bonds. The van der Waals surface area contributed by atoms with Gasteiger partial charge in [-0.3, -0.25) is 14.4 Å². The lowest BCUT2D eigenvalue weighted by atomic mass is 10.0. The van der Waals surface area contributed by atoms with Crippen molar-refractivity contribution in [2.45, 2.75) is 37.4 Å². The van der Waals surface area contributed by atoms with Crippen molar-refractivity contribution < 1.29 is 33.1 Å². The molecule has 8 rings (SSSR count). The predicted molar refractivity (Wildman–Crippen MR) is 237 cm³/mol. The zero-order valence-corrected chi connectivity index (χ0v) is 35.2. The third-order valence-electron chi connectivity index (χ3n) is 10.8. The lowest BCUT2D eigenvalue weighted by Gasteiger charge is -2.27. The summed E-state index contributed by atoms with van der Waals surface area (Å²) in [5, 5.41) is 9.00. The molecule has 1 aliphatic rings. The van der Waals surface area contributed by atoms with Crippen LogP contribution >= 0.6 is 11.8 Å². The van der Waals surface area contributed by atoms with E-state index in [1.807, 2.05) is 30.3 Å². The number of nitrogens with zero attached hydrogens (tertiary/aromatic N) is 3. The zero-order chi connectivity index (χ0) is 43.9. The number of aromatic amines is 2. The van der Waals surface area contributed by atoms with Crippen LogP contribution in [0.1, 0.15) is 53.7 Å². The first-order valence-electron chi connectivity index (χ1n) is 20.3. The molecule has 1 aliphatic heterocycles. The van der Waals surface area contributed by atoms with E-state index in [4.69, 9.17) is 13.9 Å².